The number of likely N-dealkylation sites (tertiary alicyclic amines) is 1. The van der Waals surface area contributed by atoms with E-state index in [1.165, 1.54) is 6.42 Å². The van der Waals surface area contributed by atoms with Gasteiger partial charge in [-0.25, -0.2) is 4.79 Å². The first-order valence-electron chi connectivity index (χ1n) is 7.95. The number of nitrogens with one attached hydrogen (secondary N) is 1. The highest BCUT2D eigenvalue weighted by Gasteiger charge is 2.38. The number of amides is 2. The molecule has 0 aromatic heterocycles. The van der Waals surface area contributed by atoms with Crippen molar-refractivity contribution in [2.24, 2.45) is 0 Å². The minimum absolute atomic E-state index is 0.0337. The molecule has 1 heterocycles. The van der Waals surface area contributed by atoms with Gasteiger partial charge in [0.25, 0.3) is 0 Å². The van der Waals surface area contributed by atoms with Crippen LogP contribution in [0.15, 0.2) is 0 Å². The molecule has 2 rings (SSSR count). The standard InChI is InChI=1S/C15H26N2O4/c1-2-15(7-3-8-15)16-14(20)17-9-4-12(5-10-17)21-11-6-13(18)19/h12H,2-11H2,1H3,(H,16,20)(H,18,19). The van der Waals surface area contributed by atoms with Crippen LogP contribution in [-0.4, -0.2) is 53.3 Å². The third kappa shape index (κ3) is 4.33. The summed E-state index contributed by atoms with van der Waals surface area (Å²) in [7, 11) is 0. The van der Waals surface area contributed by atoms with Crippen molar-refractivity contribution in [2.45, 2.75) is 63.5 Å². The molecule has 1 saturated carbocycles. The summed E-state index contributed by atoms with van der Waals surface area (Å²) < 4.78 is 5.54. The number of rotatable bonds is 6. The molecular formula is C15H26N2O4. The molecule has 2 aliphatic rings. The Morgan fingerprint density at radius 2 is 2.00 bits per heavy atom. The Bertz CT molecular complexity index is 368. The molecule has 6 nitrogen and oxygen atoms in total. The molecule has 0 bridgehead atoms. The van der Waals surface area contributed by atoms with E-state index in [4.69, 9.17) is 9.84 Å². The molecule has 6 heteroatoms. The van der Waals surface area contributed by atoms with Crippen molar-refractivity contribution in [1.29, 1.82) is 0 Å². The van der Waals surface area contributed by atoms with Crippen molar-refractivity contribution in [3.05, 3.63) is 0 Å². The zero-order chi connectivity index (χ0) is 15.3. The van der Waals surface area contributed by atoms with E-state index >= 15 is 0 Å². The van der Waals surface area contributed by atoms with Crippen LogP contribution >= 0.6 is 0 Å². The van der Waals surface area contributed by atoms with Crippen molar-refractivity contribution < 1.29 is 19.4 Å². The average molecular weight is 298 g/mol. The first kappa shape index (κ1) is 16.1. The Labute approximate surface area is 125 Å². The number of carbonyl (C=O) groups excluding carboxylic acids is 1. The fourth-order valence-corrected chi connectivity index (χ4v) is 3.01. The quantitative estimate of drug-likeness (QED) is 0.786. The molecular weight excluding hydrogens is 272 g/mol. The minimum atomic E-state index is -0.836. The lowest BCUT2D eigenvalue weighted by Gasteiger charge is -2.44. The molecule has 0 atom stereocenters. The topological polar surface area (TPSA) is 78.9 Å². The maximum atomic E-state index is 12.3. The Balaban J connectivity index is 1.68. The number of carboxylic acid groups (broad SMARTS) is 1. The van der Waals surface area contributed by atoms with Gasteiger partial charge >= 0.3 is 12.0 Å². The Hall–Kier alpha value is -1.30. The van der Waals surface area contributed by atoms with Crippen molar-refractivity contribution in [2.75, 3.05) is 19.7 Å². The minimum Gasteiger partial charge on any atom is -0.481 e. The second-order valence-corrected chi connectivity index (χ2v) is 6.12. The highest BCUT2D eigenvalue weighted by molar-refractivity contribution is 5.75. The fourth-order valence-electron chi connectivity index (χ4n) is 3.01. The highest BCUT2D eigenvalue weighted by Crippen LogP contribution is 2.34. The van der Waals surface area contributed by atoms with Gasteiger partial charge in [-0.3, -0.25) is 4.79 Å². The predicted octanol–water partition coefficient (Wildman–Crippen LogP) is 1.98. The normalized spacial score (nSPS) is 21.7. The van der Waals surface area contributed by atoms with Gasteiger partial charge in [-0.05, 0) is 38.5 Å². The third-order valence-electron chi connectivity index (χ3n) is 4.76. The maximum absolute atomic E-state index is 12.3. The number of piperidine rings is 1. The summed E-state index contributed by atoms with van der Waals surface area (Å²) in [5.41, 5.74) is 0.0337. The third-order valence-corrected chi connectivity index (χ3v) is 4.76. The van der Waals surface area contributed by atoms with Gasteiger partial charge in [-0.2, -0.15) is 0 Å². The second kappa shape index (κ2) is 7.11. The van der Waals surface area contributed by atoms with Crippen LogP contribution in [0.4, 0.5) is 4.79 Å². The molecule has 0 aromatic carbocycles. The van der Waals surface area contributed by atoms with Crippen LogP contribution in [-0.2, 0) is 9.53 Å². The lowest BCUT2D eigenvalue weighted by atomic mass is 9.75. The first-order valence-corrected chi connectivity index (χ1v) is 7.95. The van der Waals surface area contributed by atoms with Crippen LogP contribution < -0.4 is 5.32 Å². The molecule has 0 aromatic rings. The molecule has 2 N–H and O–H groups in total. The molecule has 120 valence electrons. The molecule has 1 aliphatic carbocycles. The van der Waals surface area contributed by atoms with E-state index in [9.17, 15) is 9.59 Å². The van der Waals surface area contributed by atoms with Crippen LogP contribution in [0.1, 0.15) is 51.9 Å². The van der Waals surface area contributed by atoms with Crippen molar-refractivity contribution >= 4 is 12.0 Å². The van der Waals surface area contributed by atoms with E-state index in [-0.39, 0.29) is 30.7 Å². The monoisotopic (exact) mass is 298 g/mol. The van der Waals surface area contributed by atoms with Crippen molar-refractivity contribution in [3.8, 4) is 0 Å². The number of hydrogen-bond acceptors (Lipinski definition) is 3. The van der Waals surface area contributed by atoms with Crippen LogP contribution in [0.3, 0.4) is 0 Å². The molecule has 21 heavy (non-hydrogen) atoms. The Morgan fingerprint density at radius 1 is 1.33 bits per heavy atom. The number of carboxylic acids is 1. The number of hydrogen-bond donors (Lipinski definition) is 2. The van der Waals surface area contributed by atoms with Gasteiger partial charge in [0.05, 0.1) is 19.1 Å². The number of nitrogens with zero attached hydrogens (tertiary/aromatic N) is 1. The summed E-state index contributed by atoms with van der Waals surface area (Å²) in [6.45, 7) is 3.75. The lowest BCUT2D eigenvalue weighted by molar-refractivity contribution is -0.138. The molecule has 0 spiro atoms. The maximum Gasteiger partial charge on any atom is 0.317 e. The van der Waals surface area contributed by atoms with Crippen LogP contribution in [0.5, 0.6) is 0 Å². The SMILES string of the molecule is CCC1(NC(=O)N2CCC(OCCC(=O)O)CC2)CCC1. The zero-order valence-corrected chi connectivity index (χ0v) is 12.8. The summed E-state index contributed by atoms with van der Waals surface area (Å²) >= 11 is 0. The first-order chi connectivity index (χ1) is 10.0. The van der Waals surface area contributed by atoms with Gasteiger partial charge in [0.2, 0.25) is 0 Å². The van der Waals surface area contributed by atoms with Crippen LogP contribution in [0.2, 0.25) is 0 Å². The lowest BCUT2D eigenvalue weighted by Crippen LogP contribution is -2.58. The molecule has 1 aliphatic heterocycles. The number of urea groups is 1. The van der Waals surface area contributed by atoms with E-state index in [0.29, 0.717) is 13.1 Å². The summed E-state index contributed by atoms with van der Waals surface area (Å²) in [4.78, 5) is 24.6. The smallest absolute Gasteiger partial charge is 0.317 e. The molecule has 0 unspecified atom stereocenters. The van der Waals surface area contributed by atoms with E-state index in [1.54, 1.807) is 0 Å². The van der Waals surface area contributed by atoms with Crippen LogP contribution in [0, 0.1) is 0 Å². The largest absolute Gasteiger partial charge is 0.481 e. The molecule has 2 fully saturated rings. The predicted molar refractivity (Wildman–Crippen MR) is 78.2 cm³/mol. The van der Waals surface area contributed by atoms with Gasteiger partial charge in [-0.1, -0.05) is 6.92 Å². The highest BCUT2D eigenvalue weighted by atomic mass is 16.5. The van der Waals surface area contributed by atoms with Crippen LogP contribution in [0.25, 0.3) is 0 Å². The number of aliphatic carboxylic acids is 1. The molecule has 2 amide bonds. The van der Waals surface area contributed by atoms with E-state index in [0.717, 1.165) is 32.1 Å². The zero-order valence-electron chi connectivity index (χ0n) is 12.8. The number of carbonyl (C=O) groups is 2. The summed E-state index contributed by atoms with van der Waals surface area (Å²) in [6.07, 6.45) is 6.06. The van der Waals surface area contributed by atoms with Crippen molar-refractivity contribution in [1.82, 2.24) is 10.2 Å². The van der Waals surface area contributed by atoms with E-state index in [2.05, 4.69) is 12.2 Å². The average Bonchev–Trinajstić information content (AvgIpc) is 2.43. The van der Waals surface area contributed by atoms with Gasteiger partial charge in [0.15, 0.2) is 0 Å². The second-order valence-electron chi connectivity index (χ2n) is 6.12. The van der Waals surface area contributed by atoms with Gasteiger partial charge in [0, 0.05) is 18.6 Å². The summed E-state index contributed by atoms with van der Waals surface area (Å²) in [5, 5.41) is 11.8. The summed E-state index contributed by atoms with van der Waals surface area (Å²) in [6, 6.07) is 0.0422. The van der Waals surface area contributed by atoms with E-state index < -0.39 is 5.97 Å². The molecule has 0 radical (unpaired) electrons. The van der Waals surface area contributed by atoms with Gasteiger partial charge < -0.3 is 20.1 Å². The number of ether oxygens (including phenoxy) is 1. The summed E-state index contributed by atoms with van der Waals surface area (Å²) in [5.74, 6) is -0.836. The van der Waals surface area contributed by atoms with Gasteiger partial charge in [-0.15, -0.1) is 0 Å². The fraction of sp³-hybridized carbons (Fsp3) is 0.867. The Morgan fingerprint density at radius 3 is 2.48 bits per heavy atom. The van der Waals surface area contributed by atoms with Crippen molar-refractivity contribution in [3.63, 3.8) is 0 Å². The Kier molecular flexibility index (Phi) is 5.45. The van der Waals surface area contributed by atoms with Gasteiger partial charge in [0.1, 0.15) is 0 Å². The molecule has 1 saturated heterocycles. The van der Waals surface area contributed by atoms with E-state index in [1.807, 2.05) is 4.90 Å².